The molecule has 0 aliphatic heterocycles. The lowest BCUT2D eigenvalue weighted by Crippen LogP contribution is -2.45. The second-order valence-corrected chi connectivity index (χ2v) is 8.25. The molecule has 1 aromatic carbocycles. The van der Waals surface area contributed by atoms with Gasteiger partial charge in [0.1, 0.15) is 9.84 Å². The van der Waals surface area contributed by atoms with Crippen LogP contribution in [0.5, 0.6) is 0 Å². The Bertz CT molecular complexity index is 602. The number of nitrogens with zero attached hydrogens (tertiary/aromatic N) is 1. The summed E-state index contributed by atoms with van der Waals surface area (Å²) in [5, 5.41) is 3.30. The molecular weight excluding hydrogens is 324 g/mol. The highest BCUT2D eigenvalue weighted by atomic mass is 35.5. The number of carbonyl (C=O) groups excluding carboxylic acids is 1. The van der Waals surface area contributed by atoms with Crippen LogP contribution in [-0.4, -0.2) is 51.0 Å². The van der Waals surface area contributed by atoms with Gasteiger partial charge in [0, 0.05) is 36.8 Å². The Morgan fingerprint density at radius 3 is 2.32 bits per heavy atom. The largest absolute Gasteiger partial charge is 0.337 e. The molecule has 2 atom stereocenters. The van der Waals surface area contributed by atoms with Crippen molar-refractivity contribution in [3.8, 4) is 0 Å². The van der Waals surface area contributed by atoms with Crippen molar-refractivity contribution >= 4 is 27.5 Å². The van der Waals surface area contributed by atoms with Gasteiger partial charge in [-0.2, -0.15) is 0 Å². The summed E-state index contributed by atoms with van der Waals surface area (Å²) in [6.07, 6.45) is 1.15. The van der Waals surface area contributed by atoms with E-state index < -0.39 is 9.84 Å². The summed E-state index contributed by atoms with van der Waals surface area (Å²) in [6, 6.07) is 7.22. The first-order valence-corrected chi connectivity index (χ1v) is 9.49. The zero-order valence-corrected chi connectivity index (χ0v) is 14.9. The summed E-state index contributed by atoms with van der Waals surface area (Å²) in [5.74, 6) is 0.0659. The Balaban J connectivity index is 2.61. The van der Waals surface area contributed by atoms with Crippen molar-refractivity contribution in [3.05, 3.63) is 34.9 Å². The fraction of sp³-hybridized carbons (Fsp3) is 0.533. The molecular formula is C15H23ClN2O3S. The highest BCUT2D eigenvalue weighted by molar-refractivity contribution is 7.90. The second-order valence-electron chi connectivity index (χ2n) is 5.55. The molecule has 0 fully saturated rings. The monoisotopic (exact) mass is 346 g/mol. The number of benzene rings is 1. The molecule has 0 saturated carbocycles. The number of hydrogen-bond acceptors (Lipinski definition) is 3. The van der Waals surface area contributed by atoms with Crippen molar-refractivity contribution in [1.29, 1.82) is 0 Å². The molecule has 22 heavy (non-hydrogen) atoms. The fourth-order valence-corrected chi connectivity index (χ4v) is 2.63. The third-order valence-corrected chi connectivity index (χ3v) is 5.00. The molecule has 0 bridgehead atoms. The van der Waals surface area contributed by atoms with Gasteiger partial charge in [0.05, 0.1) is 5.75 Å². The molecule has 0 aromatic heterocycles. The molecule has 1 rings (SSSR count). The van der Waals surface area contributed by atoms with E-state index in [1.807, 2.05) is 38.1 Å². The third kappa shape index (κ3) is 5.85. The van der Waals surface area contributed by atoms with Gasteiger partial charge >= 0.3 is 6.03 Å². The Morgan fingerprint density at radius 2 is 1.82 bits per heavy atom. The Labute approximate surface area is 137 Å². The molecule has 0 spiro atoms. The summed E-state index contributed by atoms with van der Waals surface area (Å²) in [6.45, 7) is 4.10. The topological polar surface area (TPSA) is 66.5 Å². The lowest BCUT2D eigenvalue weighted by atomic mass is 9.94. The summed E-state index contributed by atoms with van der Waals surface area (Å²) in [5.41, 5.74) is 1.09. The molecule has 5 nitrogen and oxygen atoms in total. The predicted octanol–water partition coefficient (Wildman–Crippen LogP) is 2.52. The zero-order chi connectivity index (χ0) is 16.9. The molecule has 1 N–H and O–H groups in total. The van der Waals surface area contributed by atoms with E-state index in [1.54, 1.807) is 11.9 Å². The summed E-state index contributed by atoms with van der Waals surface area (Å²) in [4.78, 5) is 13.6. The number of carbonyl (C=O) groups is 1. The smallest absolute Gasteiger partial charge is 0.317 e. The predicted molar refractivity (Wildman–Crippen MR) is 90.2 cm³/mol. The van der Waals surface area contributed by atoms with Crippen LogP contribution in [0.3, 0.4) is 0 Å². The van der Waals surface area contributed by atoms with E-state index in [9.17, 15) is 13.2 Å². The molecule has 2 unspecified atom stereocenters. The van der Waals surface area contributed by atoms with Crippen molar-refractivity contribution in [3.63, 3.8) is 0 Å². The van der Waals surface area contributed by atoms with Gasteiger partial charge in [0.2, 0.25) is 0 Å². The molecule has 2 amide bonds. The van der Waals surface area contributed by atoms with E-state index in [1.165, 1.54) is 0 Å². The average Bonchev–Trinajstić information content (AvgIpc) is 2.44. The first kappa shape index (κ1) is 18.8. The number of amides is 2. The van der Waals surface area contributed by atoms with E-state index >= 15 is 0 Å². The van der Waals surface area contributed by atoms with Crippen LogP contribution in [0.15, 0.2) is 24.3 Å². The van der Waals surface area contributed by atoms with Crippen molar-refractivity contribution in [2.45, 2.75) is 25.8 Å². The van der Waals surface area contributed by atoms with Gasteiger partial charge in [-0.1, -0.05) is 30.7 Å². The molecule has 0 aliphatic rings. The van der Waals surface area contributed by atoms with Gasteiger partial charge in [0.15, 0.2) is 0 Å². The summed E-state index contributed by atoms with van der Waals surface area (Å²) in [7, 11) is -1.37. The normalized spacial score (nSPS) is 14.2. The van der Waals surface area contributed by atoms with Gasteiger partial charge < -0.3 is 10.2 Å². The van der Waals surface area contributed by atoms with Crippen molar-refractivity contribution in [2.75, 3.05) is 25.6 Å². The first-order chi connectivity index (χ1) is 10.1. The number of hydrogen-bond donors (Lipinski definition) is 1. The first-order valence-electron chi connectivity index (χ1n) is 7.05. The quantitative estimate of drug-likeness (QED) is 0.860. The van der Waals surface area contributed by atoms with E-state index in [-0.39, 0.29) is 30.3 Å². The van der Waals surface area contributed by atoms with Gasteiger partial charge in [-0.25, -0.2) is 13.2 Å². The maximum atomic E-state index is 12.1. The highest BCUT2D eigenvalue weighted by Gasteiger charge is 2.22. The van der Waals surface area contributed by atoms with E-state index in [0.29, 0.717) is 5.02 Å². The molecule has 0 aliphatic carbocycles. The van der Waals surface area contributed by atoms with Gasteiger partial charge in [-0.05, 0) is 24.6 Å². The van der Waals surface area contributed by atoms with Crippen LogP contribution < -0.4 is 5.32 Å². The van der Waals surface area contributed by atoms with Crippen LogP contribution >= 0.6 is 11.6 Å². The van der Waals surface area contributed by atoms with Crippen LogP contribution in [0.1, 0.15) is 25.3 Å². The summed E-state index contributed by atoms with van der Waals surface area (Å²) < 4.78 is 22.1. The molecule has 0 radical (unpaired) electrons. The van der Waals surface area contributed by atoms with Gasteiger partial charge in [0.25, 0.3) is 0 Å². The lowest BCUT2D eigenvalue weighted by Gasteiger charge is -2.30. The summed E-state index contributed by atoms with van der Waals surface area (Å²) >= 11 is 5.88. The van der Waals surface area contributed by atoms with Crippen LogP contribution in [0.4, 0.5) is 4.79 Å². The average molecular weight is 347 g/mol. The molecule has 0 heterocycles. The maximum Gasteiger partial charge on any atom is 0.317 e. The Hall–Kier alpha value is -1.27. The number of halogens is 1. The minimum atomic E-state index is -3.07. The zero-order valence-electron chi connectivity index (χ0n) is 13.3. The van der Waals surface area contributed by atoms with Crippen LogP contribution in [0.2, 0.25) is 5.02 Å². The van der Waals surface area contributed by atoms with Gasteiger partial charge in [-0.15, -0.1) is 0 Å². The number of sulfone groups is 1. The Kier molecular flexibility index (Phi) is 6.68. The number of urea groups is 1. The maximum absolute atomic E-state index is 12.1. The van der Waals surface area contributed by atoms with Crippen molar-refractivity contribution in [2.24, 2.45) is 0 Å². The SMILES string of the molecule is CC(c1ccc(Cl)cc1)C(C)N(C)C(=O)NCCS(C)(=O)=O. The van der Waals surface area contributed by atoms with E-state index in [4.69, 9.17) is 11.6 Å². The van der Waals surface area contributed by atoms with E-state index in [2.05, 4.69) is 5.32 Å². The highest BCUT2D eigenvalue weighted by Crippen LogP contribution is 2.23. The number of nitrogens with one attached hydrogen (secondary N) is 1. The van der Waals surface area contributed by atoms with E-state index in [0.717, 1.165) is 11.8 Å². The minimum Gasteiger partial charge on any atom is -0.337 e. The van der Waals surface area contributed by atoms with Gasteiger partial charge in [-0.3, -0.25) is 0 Å². The van der Waals surface area contributed by atoms with Crippen LogP contribution in [0.25, 0.3) is 0 Å². The van der Waals surface area contributed by atoms with Crippen molar-refractivity contribution in [1.82, 2.24) is 10.2 Å². The molecule has 124 valence electrons. The standard InChI is InChI=1S/C15H23ClN2O3S/c1-11(13-5-7-14(16)8-6-13)12(2)18(3)15(19)17-9-10-22(4,20)21/h5-8,11-12H,9-10H2,1-4H3,(H,17,19). The fourth-order valence-electron chi connectivity index (χ4n) is 2.03. The van der Waals surface area contributed by atoms with Crippen LogP contribution in [0, 0.1) is 0 Å². The van der Waals surface area contributed by atoms with Crippen molar-refractivity contribution < 1.29 is 13.2 Å². The Morgan fingerprint density at radius 1 is 1.27 bits per heavy atom. The minimum absolute atomic E-state index is 0.0422. The van der Waals surface area contributed by atoms with Crippen LogP contribution in [-0.2, 0) is 9.84 Å². The third-order valence-electron chi connectivity index (χ3n) is 3.80. The molecule has 1 aromatic rings. The number of rotatable bonds is 6. The number of likely N-dealkylation sites (N-methyl/N-ethyl adjacent to an activating group) is 1. The lowest BCUT2D eigenvalue weighted by molar-refractivity contribution is 0.188. The molecule has 7 heteroatoms. The second kappa shape index (κ2) is 7.83. The molecule has 0 saturated heterocycles.